The van der Waals surface area contributed by atoms with Gasteiger partial charge in [-0.15, -0.1) is 0 Å². The molecular formula is C19H17NaO4. The van der Waals surface area contributed by atoms with Crippen LogP contribution in [-0.2, 0) is 9.59 Å². The Morgan fingerprint density at radius 3 is 2.42 bits per heavy atom. The topological polar surface area (TPSA) is 66.4 Å². The predicted molar refractivity (Wildman–Crippen MR) is 82.8 cm³/mol. The summed E-state index contributed by atoms with van der Waals surface area (Å²) in [5.41, 5.74) is 1.28. The van der Waals surface area contributed by atoms with Crippen molar-refractivity contribution < 1.29 is 49.0 Å². The van der Waals surface area contributed by atoms with E-state index in [0.29, 0.717) is 11.3 Å². The molecule has 3 unspecified atom stereocenters. The zero-order chi connectivity index (χ0) is 16.4. The maximum atomic E-state index is 12.9. The van der Waals surface area contributed by atoms with Crippen LogP contribution in [0.5, 0.6) is 5.75 Å². The van der Waals surface area contributed by atoms with E-state index in [1.807, 2.05) is 30.3 Å². The number of para-hydroxylation sites is 1. The first-order valence-electron chi connectivity index (χ1n) is 7.58. The van der Waals surface area contributed by atoms with Gasteiger partial charge in [-0.1, -0.05) is 54.6 Å². The number of carbonyl (C=O) groups excluding carboxylic acids is 2. The molecule has 0 aromatic heterocycles. The van der Waals surface area contributed by atoms with Gasteiger partial charge in [-0.05, 0) is 24.1 Å². The summed E-state index contributed by atoms with van der Waals surface area (Å²) >= 11 is 0. The average Bonchev–Trinajstić information content (AvgIpc) is 2.54. The Balaban J connectivity index is 0.00000208. The monoisotopic (exact) mass is 332 g/mol. The fourth-order valence-corrected chi connectivity index (χ4v) is 3.14. The van der Waals surface area contributed by atoms with Crippen molar-refractivity contribution in [2.45, 2.75) is 25.4 Å². The van der Waals surface area contributed by atoms with Crippen LogP contribution in [0.15, 0.2) is 54.6 Å². The number of benzene rings is 2. The third-order valence-corrected chi connectivity index (χ3v) is 4.20. The molecule has 2 aromatic rings. The summed E-state index contributed by atoms with van der Waals surface area (Å²) < 4.78 is 5.35. The van der Waals surface area contributed by atoms with E-state index < -0.39 is 23.9 Å². The quantitative estimate of drug-likeness (QED) is 0.426. The van der Waals surface area contributed by atoms with Gasteiger partial charge in [-0.2, -0.15) is 0 Å². The molecule has 24 heavy (non-hydrogen) atoms. The van der Waals surface area contributed by atoms with Gasteiger partial charge in [0.15, 0.2) is 0 Å². The van der Waals surface area contributed by atoms with E-state index >= 15 is 0 Å². The summed E-state index contributed by atoms with van der Waals surface area (Å²) in [6.45, 7) is 1.47. The molecule has 4 nitrogen and oxygen atoms in total. The van der Waals surface area contributed by atoms with Gasteiger partial charge < -0.3 is 14.6 Å². The first kappa shape index (κ1) is 18.9. The molecule has 3 atom stereocenters. The summed E-state index contributed by atoms with van der Waals surface area (Å²) in [5, 5.41) is 12.9. The van der Waals surface area contributed by atoms with Crippen molar-refractivity contribution >= 4 is 11.8 Å². The Labute approximate surface area is 163 Å². The number of hydrogen-bond acceptors (Lipinski definition) is 4. The number of esters is 1. The van der Waals surface area contributed by atoms with E-state index in [4.69, 9.17) is 4.74 Å². The fourth-order valence-electron chi connectivity index (χ4n) is 3.14. The SMILES string of the molecule is CC(=O)CC(c1ccccc1)C1C(=O)Oc2ccccc2C1[O-].[Na+]. The van der Waals surface area contributed by atoms with Gasteiger partial charge in [-0.3, -0.25) is 4.79 Å². The predicted octanol–water partition coefficient (Wildman–Crippen LogP) is -0.610. The van der Waals surface area contributed by atoms with Crippen molar-refractivity contribution in [2.75, 3.05) is 0 Å². The summed E-state index contributed by atoms with van der Waals surface area (Å²) in [5.74, 6) is -1.67. The zero-order valence-corrected chi connectivity index (χ0v) is 15.8. The Kier molecular flexibility index (Phi) is 6.35. The molecule has 0 aliphatic carbocycles. The minimum Gasteiger partial charge on any atom is -0.848 e. The van der Waals surface area contributed by atoms with Gasteiger partial charge in [-0.25, -0.2) is 0 Å². The molecule has 2 aromatic carbocycles. The van der Waals surface area contributed by atoms with Crippen molar-refractivity contribution in [1.82, 2.24) is 0 Å². The first-order valence-corrected chi connectivity index (χ1v) is 7.58. The number of ether oxygens (including phenoxy) is 1. The fraction of sp³-hybridized carbons (Fsp3) is 0.263. The van der Waals surface area contributed by atoms with Crippen LogP contribution in [0.2, 0.25) is 0 Å². The Hall–Kier alpha value is -1.46. The van der Waals surface area contributed by atoms with Gasteiger partial charge in [0.1, 0.15) is 11.5 Å². The van der Waals surface area contributed by atoms with Gasteiger partial charge in [0.25, 0.3) is 0 Å². The van der Waals surface area contributed by atoms with E-state index in [2.05, 4.69) is 0 Å². The molecule has 0 bridgehead atoms. The number of carbonyl (C=O) groups is 2. The zero-order valence-electron chi connectivity index (χ0n) is 13.8. The smallest absolute Gasteiger partial charge is 0.848 e. The van der Waals surface area contributed by atoms with Crippen molar-refractivity contribution in [3.8, 4) is 5.75 Å². The molecule has 1 aliphatic heterocycles. The molecule has 0 amide bonds. The third kappa shape index (κ3) is 3.78. The molecule has 0 saturated carbocycles. The molecule has 0 fully saturated rings. The maximum Gasteiger partial charge on any atom is 1.00 e. The largest absolute Gasteiger partial charge is 1.00 e. The van der Waals surface area contributed by atoms with E-state index in [-0.39, 0.29) is 41.8 Å². The van der Waals surface area contributed by atoms with Crippen LogP contribution in [0.1, 0.15) is 36.5 Å². The van der Waals surface area contributed by atoms with Gasteiger partial charge in [0.2, 0.25) is 0 Å². The molecule has 0 saturated heterocycles. The van der Waals surface area contributed by atoms with Crippen LogP contribution in [0, 0.1) is 5.92 Å². The number of fused-ring (bicyclic) bond motifs is 1. The second-order valence-electron chi connectivity index (χ2n) is 5.83. The van der Waals surface area contributed by atoms with Crippen molar-refractivity contribution in [2.24, 2.45) is 5.92 Å². The van der Waals surface area contributed by atoms with E-state index in [1.165, 1.54) is 6.92 Å². The van der Waals surface area contributed by atoms with E-state index in [9.17, 15) is 14.7 Å². The number of ketones is 1. The molecule has 5 heteroatoms. The third-order valence-electron chi connectivity index (χ3n) is 4.20. The van der Waals surface area contributed by atoms with Gasteiger partial charge in [0, 0.05) is 12.3 Å². The van der Waals surface area contributed by atoms with Crippen molar-refractivity contribution in [3.63, 3.8) is 0 Å². The molecule has 0 radical (unpaired) electrons. The normalized spacial score (nSPS) is 20.3. The first-order chi connectivity index (χ1) is 11.1. The summed E-state index contributed by atoms with van der Waals surface area (Å²) in [7, 11) is 0. The van der Waals surface area contributed by atoms with E-state index in [1.54, 1.807) is 24.3 Å². The van der Waals surface area contributed by atoms with Crippen LogP contribution < -0.4 is 39.4 Å². The molecule has 1 heterocycles. The summed E-state index contributed by atoms with van der Waals surface area (Å²) in [4.78, 5) is 24.1. The Bertz CT molecular complexity index is 729. The molecule has 1 aliphatic rings. The van der Waals surface area contributed by atoms with Crippen LogP contribution in [-0.4, -0.2) is 11.8 Å². The Morgan fingerprint density at radius 2 is 1.75 bits per heavy atom. The number of rotatable bonds is 4. The molecular weight excluding hydrogens is 315 g/mol. The second kappa shape index (κ2) is 8.08. The molecule has 3 rings (SSSR count). The van der Waals surface area contributed by atoms with Crippen molar-refractivity contribution in [1.29, 1.82) is 0 Å². The number of hydrogen-bond donors (Lipinski definition) is 0. The minimum atomic E-state index is -1.24. The second-order valence-corrected chi connectivity index (χ2v) is 5.83. The van der Waals surface area contributed by atoms with Gasteiger partial charge >= 0.3 is 35.5 Å². The van der Waals surface area contributed by atoms with Gasteiger partial charge in [0.05, 0.1) is 5.92 Å². The average molecular weight is 332 g/mol. The molecule has 0 spiro atoms. The molecule has 118 valence electrons. The maximum absolute atomic E-state index is 12.9. The summed E-state index contributed by atoms with van der Waals surface area (Å²) in [6.07, 6.45) is -1.10. The van der Waals surface area contributed by atoms with Crippen LogP contribution in [0.4, 0.5) is 0 Å². The standard InChI is InChI=1S/C19H17O4.Na/c1-12(20)11-15(13-7-3-2-4-8-13)17-18(21)14-9-5-6-10-16(14)23-19(17)22;/h2-10,15,17-18H,11H2,1H3;/q-1;+1. The molecule has 0 N–H and O–H groups in total. The number of Topliss-reactive ketones (excluding diaryl/α,β-unsaturated/α-hetero) is 1. The van der Waals surface area contributed by atoms with Crippen LogP contribution in [0.25, 0.3) is 0 Å². The summed E-state index contributed by atoms with van der Waals surface area (Å²) in [6, 6.07) is 16.0. The van der Waals surface area contributed by atoms with Crippen molar-refractivity contribution in [3.05, 3.63) is 65.7 Å². The van der Waals surface area contributed by atoms with E-state index in [0.717, 1.165) is 5.56 Å². The van der Waals surface area contributed by atoms with Crippen LogP contribution in [0.3, 0.4) is 0 Å². The minimum absolute atomic E-state index is 0. The van der Waals surface area contributed by atoms with Crippen LogP contribution >= 0.6 is 0 Å². The Morgan fingerprint density at radius 1 is 1.12 bits per heavy atom.